The third kappa shape index (κ3) is 5.30. The third-order valence-corrected chi connectivity index (χ3v) is 3.78. The Morgan fingerprint density at radius 3 is 2.52 bits per heavy atom. The van der Waals surface area contributed by atoms with E-state index in [1.54, 1.807) is 0 Å². The molecule has 1 atom stereocenters. The molecule has 0 aromatic heterocycles. The first-order chi connectivity index (χ1) is 10.3. The van der Waals surface area contributed by atoms with Crippen LogP contribution in [0.3, 0.4) is 0 Å². The van der Waals surface area contributed by atoms with Gasteiger partial charge in [-0.1, -0.05) is 19.1 Å². The van der Waals surface area contributed by atoms with Gasteiger partial charge in [0.05, 0.1) is 19.8 Å². The van der Waals surface area contributed by atoms with Crippen LogP contribution in [0.5, 0.6) is 5.75 Å². The topological polar surface area (TPSA) is 33.7 Å². The normalized spacial score (nSPS) is 17.6. The number of hydrogen-bond acceptors (Lipinski definition) is 4. The van der Waals surface area contributed by atoms with Gasteiger partial charge in [0.15, 0.2) is 0 Å². The van der Waals surface area contributed by atoms with E-state index in [4.69, 9.17) is 9.47 Å². The van der Waals surface area contributed by atoms with Crippen LogP contribution in [-0.4, -0.2) is 50.9 Å². The van der Waals surface area contributed by atoms with E-state index < -0.39 is 0 Å². The minimum Gasteiger partial charge on any atom is -0.494 e. The number of ether oxygens (including phenoxy) is 2. The highest BCUT2D eigenvalue weighted by Crippen LogP contribution is 2.19. The zero-order chi connectivity index (χ0) is 14.9. The van der Waals surface area contributed by atoms with Crippen LogP contribution in [0, 0.1) is 0 Å². The molecule has 1 unspecified atom stereocenters. The van der Waals surface area contributed by atoms with Crippen LogP contribution < -0.4 is 10.1 Å². The maximum absolute atomic E-state index is 5.52. The first kappa shape index (κ1) is 16.3. The van der Waals surface area contributed by atoms with Crippen molar-refractivity contribution < 1.29 is 9.47 Å². The first-order valence-electron chi connectivity index (χ1n) is 8.09. The van der Waals surface area contributed by atoms with Crippen molar-refractivity contribution in [1.82, 2.24) is 10.2 Å². The molecule has 0 radical (unpaired) electrons. The fourth-order valence-corrected chi connectivity index (χ4v) is 2.61. The zero-order valence-corrected chi connectivity index (χ0v) is 13.3. The maximum Gasteiger partial charge on any atom is 0.119 e. The lowest BCUT2D eigenvalue weighted by Crippen LogP contribution is -2.42. The number of morpholine rings is 1. The Morgan fingerprint density at radius 2 is 1.90 bits per heavy atom. The SMILES string of the molecule is CCCNC(CN1CCOCC1)c1ccc(OCC)cc1. The van der Waals surface area contributed by atoms with Gasteiger partial charge in [-0.2, -0.15) is 0 Å². The number of benzene rings is 1. The molecule has 1 heterocycles. The first-order valence-corrected chi connectivity index (χ1v) is 8.09. The molecule has 1 aromatic rings. The lowest BCUT2D eigenvalue weighted by Gasteiger charge is -2.31. The molecule has 4 nitrogen and oxygen atoms in total. The van der Waals surface area contributed by atoms with E-state index in [9.17, 15) is 0 Å². The Labute approximate surface area is 128 Å². The van der Waals surface area contributed by atoms with Crippen molar-refractivity contribution in [2.45, 2.75) is 26.3 Å². The van der Waals surface area contributed by atoms with Gasteiger partial charge < -0.3 is 14.8 Å². The monoisotopic (exact) mass is 292 g/mol. The molecule has 118 valence electrons. The van der Waals surface area contributed by atoms with Gasteiger partial charge >= 0.3 is 0 Å². The number of hydrogen-bond donors (Lipinski definition) is 1. The number of nitrogens with one attached hydrogen (secondary N) is 1. The van der Waals surface area contributed by atoms with Crippen molar-refractivity contribution in [3.05, 3.63) is 29.8 Å². The van der Waals surface area contributed by atoms with Crippen LogP contribution in [0.4, 0.5) is 0 Å². The molecule has 1 fully saturated rings. The smallest absolute Gasteiger partial charge is 0.119 e. The molecule has 1 saturated heterocycles. The van der Waals surface area contributed by atoms with Gasteiger partial charge in [0.2, 0.25) is 0 Å². The molecule has 1 aliphatic rings. The Balaban J connectivity index is 1.99. The molecule has 1 aliphatic heterocycles. The molecule has 0 aliphatic carbocycles. The van der Waals surface area contributed by atoms with Crippen LogP contribution in [0.2, 0.25) is 0 Å². The molecule has 0 saturated carbocycles. The van der Waals surface area contributed by atoms with E-state index in [0.717, 1.165) is 51.6 Å². The summed E-state index contributed by atoms with van der Waals surface area (Å²) in [6.45, 7) is 10.8. The largest absolute Gasteiger partial charge is 0.494 e. The summed E-state index contributed by atoms with van der Waals surface area (Å²) in [6, 6.07) is 8.87. The van der Waals surface area contributed by atoms with Crippen molar-refractivity contribution in [2.24, 2.45) is 0 Å². The lowest BCUT2D eigenvalue weighted by atomic mass is 10.1. The van der Waals surface area contributed by atoms with E-state index in [0.29, 0.717) is 12.6 Å². The van der Waals surface area contributed by atoms with Crippen LogP contribution in [-0.2, 0) is 4.74 Å². The van der Waals surface area contributed by atoms with Crippen LogP contribution in [0.25, 0.3) is 0 Å². The van der Waals surface area contributed by atoms with Crippen LogP contribution in [0.1, 0.15) is 31.9 Å². The van der Waals surface area contributed by atoms with E-state index in [1.165, 1.54) is 5.56 Å². The Morgan fingerprint density at radius 1 is 1.19 bits per heavy atom. The number of nitrogens with zero attached hydrogens (tertiary/aromatic N) is 1. The van der Waals surface area contributed by atoms with Crippen molar-refractivity contribution >= 4 is 0 Å². The zero-order valence-electron chi connectivity index (χ0n) is 13.3. The second-order valence-corrected chi connectivity index (χ2v) is 5.42. The summed E-state index contributed by atoms with van der Waals surface area (Å²) < 4.78 is 11.0. The average Bonchev–Trinajstić information content (AvgIpc) is 2.53. The molecular weight excluding hydrogens is 264 g/mol. The van der Waals surface area contributed by atoms with Gasteiger partial charge in [-0.05, 0) is 37.6 Å². The summed E-state index contributed by atoms with van der Waals surface area (Å²) in [7, 11) is 0. The van der Waals surface area contributed by atoms with Gasteiger partial charge in [0.1, 0.15) is 5.75 Å². The van der Waals surface area contributed by atoms with Crippen molar-refractivity contribution in [3.63, 3.8) is 0 Å². The molecule has 4 heteroatoms. The fraction of sp³-hybridized carbons (Fsp3) is 0.647. The summed E-state index contributed by atoms with van der Waals surface area (Å²) in [5.41, 5.74) is 1.33. The van der Waals surface area contributed by atoms with Gasteiger partial charge in [-0.15, -0.1) is 0 Å². The van der Waals surface area contributed by atoms with E-state index >= 15 is 0 Å². The van der Waals surface area contributed by atoms with Crippen LogP contribution in [0.15, 0.2) is 24.3 Å². The summed E-state index contributed by atoms with van der Waals surface area (Å²) >= 11 is 0. The molecule has 21 heavy (non-hydrogen) atoms. The predicted octanol–water partition coefficient (Wildman–Crippen LogP) is 2.46. The molecule has 2 rings (SSSR count). The lowest BCUT2D eigenvalue weighted by molar-refractivity contribution is 0.0334. The molecular formula is C17H28N2O2. The van der Waals surface area contributed by atoms with E-state index in [1.807, 2.05) is 6.92 Å². The standard InChI is InChI=1S/C17H28N2O2/c1-3-9-18-17(14-19-10-12-20-13-11-19)15-5-7-16(8-6-15)21-4-2/h5-8,17-18H,3-4,9-14H2,1-2H3. The average molecular weight is 292 g/mol. The Bertz CT molecular complexity index is 388. The summed E-state index contributed by atoms with van der Waals surface area (Å²) in [5, 5.41) is 3.66. The molecule has 0 bridgehead atoms. The maximum atomic E-state index is 5.52. The van der Waals surface area contributed by atoms with Crippen molar-refractivity contribution in [2.75, 3.05) is 46.0 Å². The summed E-state index contributed by atoms with van der Waals surface area (Å²) in [4.78, 5) is 2.48. The molecule has 1 aromatic carbocycles. The molecule has 1 N–H and O–H groups in total. The van der Waals surface area contributed by atoms with Gasteiger partial charge in [0, 0.05) is 25.7 Å². The fourth-order valence-electron chi connectivity index (χ4n) is 2.61. The second-order valence-electron chi connectivity index (χ2n) is 5.42. The number of rotatable bonds is 8. The van der Waals surface area contributed by atoms with Crippen molar-refractivity contribution in [3.8, 4) is 5.75 Å². The Kier molecular flexibility index (Phi) is 7.00. The second kappa shape index (κ2) is 9.03. The predicted molar refractivity (Wildman–Crippen MR) is 85.9 cm³/mol. The minimum atomic E-state index is 0.374. The van der Waals surface area contributed by atoms with E-state index in [2.05, 4.69) is 41.4 Å². The molecule has 0 amide bonds. The quantitative estimate of drug-likeness (QED) is 0.798. The highest BCUT2D eigenvalue weighted by molar-refractivity contribution is 5.29. The van der Waals surface area contributed by atoms with E-state index in [-0.39, 0.29) is 0 Å². The van der Waals surface area contributed by atoms with Gasteiger partial charge in [-0.3, -0.25) is 4.90 Å². The van der Waals surface area contributed by atoms with Crippen LogP contribution >= 0.6 is 0 Å². The third-order valence-electron chi connectivity index (χ3n) is 3.78. The van der Waals surface area contributed by atoms with Crippen molar-refractivity contribution in [1.29, 1.82) is 0 Å². The highest BCUT2D eigenvalue weighted by Gasteiger charge is 2.17. The molecule has 0 spiro atoms. The van der Waals surface area contributed by atoms with Gasteiger partial charge in [-0.25, -0.2) is 0 Å². The Hall–Kier alpha value is -1.10. The highest BCUT2D eigenvalue weighted by atomic mass is 16.5. The van der Waals surface area contributed by atoms with Gasteiger partial charge in [0.25, 0.3) is 0 Å². The summed E-state index contributed by atoms with van der Waals surface area (Å²) in [6.07, 6.45) is 1.15. The minimum absolute atomic E-state index is 0.374. The summed E-state index contributed by atoms with van der Waals surface area (Å²) in [5.74, 6) is 0.946.